The highest BCUT2D eigenvalue weighted by molar-refractivity contribution is 5.99. The van der Waals surface area contributed by atoms with E-state index >= 15 is 0 Å². The van der Waals surface area contributed by atoms with Crippen LogP contribution in [0.3, 0.4) is 0 Å². The lowest BCUT2D eigenvalue weighted by Gasteiger charge is -2.34. The average molecular weight is 495 g/mol. The lowest BCUT2D eigenvalue weighted by atomic mass is 10.1. The molecule has 37 heavy (non-hydrogen) atoms. The summed E-state index contributed by atoms with van der Waals surface area (Å²) in [6.45, 7) is 12.3. The summed E-state index contributed by atoms with van der Waals surface area (Å²) >= 11 is 0. The maximum absolute atomic E-state index is 12.9. The molecule has 5 heteroatoms. The molecule has 1 amide bonds. The topological polar surface area (TPSA) is 40.5 Å². The van der Waals surface area contributed by atoms with Gasteiger partial charge in [0.15, 0.2) is 0 Å². The number of hydrogen-bond donors (Lipinski definition) is 1. The van der Waals surface area contributed by atoms with Crippen molar-refractivity contribution in [2.24, 2.45) is 0 Å². The smallest absolute Gasteiger partial charge is 0.251 e. The Balaban J connectivity index is 1.10. The van der Waals surface area contributed by atoms with Crippen LogP contribution in [-0.2, 0) is 13.1 Å². The first kappa shape index (κ1) is 25.2. The average Bonchev–Trinajstić information content (AvgIpc) is 3.17. The van der Waals surface area contributed by atoms with Crippen LogP contribution in [0.2, 0.25) is 0 Å². The fraction of sp³-hybridized carbons (Fsp3) is 0.344. The minimum absolute atomic E-state index is 0.0162. The van der Waals surface area contributed by atoms with Crippen molar-refractivity contribution in [3.63, 3.8) is 0 Å². The number of carbonyl (C=O) groups is 1. The van der Waals surface area contributed by atoms with Gasteiger partial charge in [-0.2, -0.15) is 0 Å². The number of nitrogens with one attached hydrogen (secondary N) is 1. The number of fused-ring (bicyclic) bond motifs is 1. The summed E-state index contributed by atoms with van der Waals surface area (Å²) in [7, 11) is 0. The number of piperazine rings is 1. The van der Waals surface area contributed by atoms with E-state index < -0.39 is 0 Å². The zero-order valence-electron chi connectivity index (χ0n) is 22.1. The molecule has 192 valence electrons. The summed E-state index contributed by atoms with van der Waals surface area (Å²) in [5.74, 6) is 0.0162. The zero-order chi connectivity index (χ0) is 25.6. The van der Waals surface area contributed by atoms with Crippen LogP contribution < -0.4 is 5.32 Å². The van der Waals surface area contributed by atoms with E-state index in [4.69, 9.17) is 0 Å². The SMILES string of the molecule is Cc1c(C)n(Cc2ccccc2)c2ccc(C(=O)NCCCN3CCN(Cc4ccccc4)CC3)cc12. The molecule has 3 aromatic carbocycles. The summed E-state index contributed by atoms with van der Waals surface area (Å²) in [6.07, 6.45) is 0.970. The van der Waals surface area contributed by atoms with E-state index in [0.717, 1.165) is 63.2 Å². The van der Waals surface area contributed by atoms with Crippen molar-refractivity contribution in [1.82, 2.24) is 19.7 Å². The van der Waals surface area contributed by atoms with Crippen molar-refractivity contribution in [3.8, 4) is 0 Å². The number of aromatic nitrogens is 1. The van der Waals surface area contributed by atoms with E-state index in [-0.39, 0.29) is 5.91 Å². The van der Waals surface area contributed by atoms with Gasteiger partial charge in [-0.3, -0.25) is 9.69 Å². The molecule has 5 nitrogen and oxygen atoms in total. The molecule has 0 unspecified atom stereocenters. The van der Waals surface area contributed by atoms with Crippen molar-refractivity contribution in [2.75, 3.05) is 39.3 Å². The number of nitrogens with zero attached hydrogens (tertiary/aromatic N) is 3. The maximum atomic E-state index is 12.9. The number of hydrogen-bond acceptors (Lipinski definition) is 3. The van der Waals surface area contributed by atoms with Crippen LogP contribution >= 0.6 is 0 Å². The van der Waals surface area contributed by atoms with Crippen LogP contribution in [0.5, 0.6) is 0 Å². The zero-order valence-corrected chi connectivity index (χ0v) is 22.1. The largest absolute Gasteiger partial charge is 0.352 e. The maximum Gasteiger partial charge on any atom is 0.251 e. The van der Waals surface area contributed by atoms with Gasteiger partial charge in [0, 0.05) is 68.0 Å². The summed E-state index contributed by atoms with van der Waals surface area (Å²) in [5.41, 5.74) is 7.08. The predicted molar refractivity (Wildman–Crippen MR) is 152 cm³/mol. The minimum Gasteiger partial charge on any atom is -0.352 e. The molecule has 0 bridgehead atoms. The molecule has 0 radical (unpaired) electrons. The Kier molecular flexibility index (Phi) is 8.02. The van der Waals surface area contributed by atoms with Crippen LogP contribution in [-0.4, -0.2) is 59.5 Å². The van der Waals surface area contributed by atoms with E-state index in [1.54, 1.807) is 0 Å². The normalized spacial score (nSPS) is 14.8. The molecule has 2 heterocycles. The summed E-state index contributed by atoms with van der Waals surface area (Å²) in [5, 5.41) is 4.30. The molecule has 1 fully saturated rings. The second-order valence-electron chi connectivity index (χ2n) is 10.2. The van der Waals surface area contributed by atoms with Gasteiger partial charge in [-0.05, 0) is 61.7 Å². The molecular weight excluding hydrogens is 456 g/mol. The molecule has 1 aliphatic rings. The van der Waals surface area contributed by atoms with E-state index in [2.05, 4.69) is 100 Å². The second-order valence-corrected chi connectivity index (χ2v) is 10.2. The minimum atomic E-state index is 0.0162. The lowest BCUT2D eigenvalue weighted by Crippen LogP contribution is -2.46. The number of benzene rings is 3. The molecule has 4 aromatic rings. The molecule has 0 spiro atoms. The Morgan fingerprint density at radius 2 is 1.41 bits per heavy atom. The van der Waals surface area contributed by atoms with Crippen LogP contribution in [0.15, 0.2) is 78.9 Å². The molecule has 1 saturated heterocycles. The fourth-order valence-corrected chi connectivity index (χ4v) is 5.38. The third kappa shape index (κ3) is 6.12. The molecule has 1 aliphatic heterocycles. The first-order valence-electron chi connectivity index (χ1n) is 13.5. The third-order valence-electron chi connectivity index (χ3n) is 7.74. The first-order valence-corrected chi connectivity index (χ1v) is 13.5. The Morgan fingerprint density at radius 3 is 2.08 bits per heavy atom. The lowest BCUT2D eigenvalue weighted by molar-refractivity contribution is 0.0947. The molecule has 0 saturated carbocycles. The summed E-state index contributed by atoms with van der Waals surface area (Å²) < 4.78 is 2.35. The Bertz CT molecular complexity index is 1320. The Hall–Kier alpha value is -3.41. The molecule has 5 rings (SSSR count). The van der Waals surface area contributed by atoms with Gasteiger partial charge in [0.05, 0.1) is 0 Å². The molecule has 0 aliphatic carbocycles. The Labute approximate surface area is 220 Å². The summed E-state index contributed by atoms with van der Waals surface area (Å²) in [4.78, 5) is 18.0. The molecule has 0 atom stereocenters. The van der Waals surface area contributed by atoms with E-state index in [9.17, 15) is 4.79 Å². The van der Waals surface area contributed by atoms with E-state index in [1.807, 2.05) is 12.1 Å². The van der Waals surface area contributed by atoms with Gasteiger partial charge >= 0.3 is 0 Å². The third-order valence-corrected chi connectivity index (χ3v) is 7.74. The highest BCUT2D eigenvalue weighted by Crippen LogP contribution is 2.27. The van der Waals surface area contributed by atoms with Crippen molar-refractivity contribution in [3.05, 3.63) is 107 Å². The van der Waals surface area contributed by atoms with Gasteiger partial charge < -0.3 is 14.8 Å². The standard InChI is InChI=1S/C32H38N4O/c1-25-26(2)36(24-28-12-7-4-8-13-28)31-15-14-29(22-30(25)31)32(37)33-16-9-17-34-18-20-35(21-19-34)23-27-10-5-3-6-11-27/h3-8,10-15,22H,9,16-21,23-24H2,1-2H3,(H,33,37). The van der Waals surface area contributed by atoms with Gasteiger partial charge in [-0.1, -0.05) is 60.7 Å². The second kappa shape index (κ2) is 11.8. The Morgan fingerprint density at radius 1 is 0.784 bits per heavy atom. The first-order chi connectivity index (χ1) is 18.1. The monoisotopic (exact) mass is 494 g/mol. The van der Waals surface area contributed by atoms with E-state index in [0.29, 0.717) is 6.54 Å². The van der Waals surface area contributed by atoms with Gasteiger partial charge in [0.25, 0.3) is 5.91 Å². The fourth-order valence-electron chi connectivity index (χ4n) is 5.38. The molecular formula is C32H38N4O. The van der Waals surface area contributed by atoms with Gasteiger partial charge in [-0.15, -0.1) is 0 Å². The molecule has 1 aromatic heterocycles. The summed E-state index contributed by atoms with van der Waals surface area (Å²) in [6, 6.07) is 27.4. The molecule has 1 N–H and O–H groups in total. The highest BCUT2D eigenvalue weighted by Gasteiger charge is 2.17. The van der Waals surface area contributed by atoms with Gasteiger partial charge in [0.1, 0.15) is 0 Å². The number of amides is 1. The highest BCUT2D eigenvalue weighted by atomic mass is 16.1. The van der Waals surface area contributed by atoms with Crippen molar-refractivity contribution >= 4 is 16.8 Å². The van der Waals surface area contributed by atoms with Crippen molar-refractivity contribution < 1.29 is 4.79 Å². The number of rotatable bonds is 9. The quantitative estimate of drug-likeness (QED) is 0.323. The van der Waals surface area contributed by atoms with Crippen LogP contribution in [0.25, 0.3) is 10.9 Å². The van der Waals surface area contributed by atoms with Crippen molar-refractivity contribution in [2.45, 2.75) is 33.4 Å². The van der Waals surface area contributed by atoms with Crippen LogP contribution in [0.4, 0.5) is 0 Å². The van der Waals surface area contributed by atoms with Gasteiger partial charge in [0.2, 0.25) is 0 Å². The predicted octanol–water partition coefficient (Wildman–Crippen LogP) is 5.24. The van der Waals surface area contributed by atoms with Gasteiger partial charge in [-0.25, -0.2) is 0 Å². The van der Waals surface area contributed by atoms with E-state index in [1.165, 1.54) is 27.9 Å². The van der Waals surface area contributed by atoms with Crippen LogP contribution in [0, 0.1) is 13.8 Å². The number of aryl methyl sites for hydroxylation is 1. The van der Waals surface area contributed by atoms with Crippen molar-refractivity contribution in [1.29, 1.82) is 0 Å². The van der Waals surface area contributed by atoms with Crippen LogP contribution in [0.1, 0.15) is 39.2 Å². The number of carbonyl (C=O) groups excluding carboxylic acids is 1.